The molecule has 0 bridgehead atoms. The Hall–Kier alpha value is -1.14. The zero-order valence-electron chi connectivity index (χ0n) is 9.95. The minimum Gasteiger partial charge on any atom is -0.358 e. The van der Waals surface area contributed by atoms with Crippen molar-refractivity contribution >= 4 is 11.8 Å². The highest BCUT2D eigenvalue weighted by atomic mass is 16.2. The van der Waals surface area contributed by atoms with Crippen molar-refractivity contribution in [1.29, 1.82) is 0 Å². The number of carbonyl (C=O) groups is 2. The molecule has 0 atom stereocenters. The number of nitrogens with zero attached hydrogens (tertiary/aromatic N) is 2. The molecule has 0 aromatic heterocycles. The van der Waals surface area contributed by atoms with E-state index in [1.165, 1.54) is 0 Å². The number of piperazine rings is 1. The second kappa shape index (κ2) is 6.44. The third-order valence-corrected chi connectivity index (χ3v) is 2.70. The van der Waals surface area contributed by atoms with Gasteiger partial charge >= 0.3 is 0 Å². The van der Waals surface area contributed by atoms with Gasteiger partial charge in [-0.05, 0) is 7.05 Å². The summed E-state index contributed by atoms with van der Waals surface area (Å²) in [4.78, 5) is 26.6. The fourth-order valence-corrected chi connectivity index (χ4v) is 1.54. The van der Waals surface area contributed by atoms with E-state index in [-0.39, 0.29) is 24.9 Å². The Kier molecular flexibility index (Phi) is 5.21. The molecule has 6 heteroatoms. The molecular weight excluding hydrogens is 208 g/mol. The van der Waals surface area contributed by atoms with Gasteiger partial charge in [-0.3, -0.25) is 14.9 Å². The lowest BCUT2D eigenvalue weighted by Gasteiger charge is -2.32. The van der Waals surface area contributed by atoms with E-state index in [4.69, 9.17) is 0 Å². The monoisotopic (exact) mass is 228 g/mol. The molecule has 0 aromatic carbocycles. The first kappa shape index (κ1) is 12.9. The van der Waals surface area contributed by atoms with Gasteiger partial charge in [-0.1, -0.05) is 0 Å². The smallest absolute Gasteiger partial charge is 0.236 e. The highest BCUT2D eigenvalue weighted by Crippen LogP contribution is 1.98. The van der Waals surface area contributed by atoms with Gasteiger partial charge in [0.2, 0.25) is 11.8 Å². The van der Waals surface area contributed by atoms with Crippen LogP contribution in [0.1, 0.15) is 0 Å². The minimum atomic E-state index is -0.105. The topological polar surface area (TPSA) is 64.7 Å². The maximum absolute atomic E-state index is 11.7. The van der Waals surface area contributed by atoms with Gasteiger partial charge in [-0.2, -0.15) is 0 Å². The van der Waals surface area contributed by atoms with Gasteiger partial charge in [0.05, 0.1) is 13.1 Å². The van der Waals surface area contributed by atoms with E-state index in [0.29, 0.717) is 0 Å². The summed E-state index contributed by atoms with van der Waals surface area (Å²) in [5.74, 6) is -0.0387. The molecule has 0 unspecified atom stereocenters. The average Bonchev–Trinajstić information content (AvgIpc) is 2.29. The van der Waals surface area contributed by atoms with Gasteiger partial charge in [-0.15, -0.1) is 0 Å². The van der Waals surface area contributed by atoms with Crippen LogP contribution in [0, 0.1) is 0 Å². The van der Waals surface area contributed by atoms with Crippen LogP contribution in [0.25, 0.3) is 0 Å². The van der Waals surface area contributed by atoms with Crippen LogP contribution in [0.4, 0.5) is 0 Å². The normalized spacial score (nSPS) is 17.2. The van der Waals surface area contributed by atoms with Crippen LogP contribution >= 0.6 is 0 Å². The number of carbonyl (C=O) groups excluding carboxylic acids is 2. The number of nitrogens with one attached hydrogen (secondary N) is 2. The summed E-state index contributed by atoms with van der Waals surface area (Å²) >= 11 is 0. The molecule has 2 N–H and O–H groups in total. The molecule has 6 nitrogen and oxygen atoms in total. The molecule has 0 aromatic rings. The summed E-state index contributed by atoms with van der Waals surface area (Å²) in [5.41, 5.74) is 0. The lowest BCUT2D eigenvalue weighted by molar-refractivity contribution is -0.131. The van der Waals surface area contributed by atoms with Gasteiger partial charge in [0.1, 0.15) is 0 Å². The van der Waals surface area contributed by atoms with Crippen molar-refractivity contribution < 1.29 is 9.59 Å². The Bertz CT molecular complexity index is 249. The Labute approximate surface area is 96.0 Å². The highest BCUT2D eigenvalue weighted by molar-refractivity contribution is 5.81. The summed E-state index contributed by atoms with van der Waals surface area (Å²) < 4.78 is 0. The second-order valence-corrected chi connectivity index (χ2v) is 3.96. The molecule has 1 rings (SSSR count). The Morgan fingerprint density at radius 2 is 1.75 bits per heavy atom. The molecule has 0 spiro atoms. The molecule has 1 fully saturated rings. The zero-order valence-corrected chi connectivity index (χ0v) is 9.95. The second-order valence-electron chi connectivity index (χ2n) is 3.96. The maximum Gasteiger partial charge on any atom is 0.236 e. The molecule has 0 radical (unpaired) electrons. The molecule has 2 amide bonds. The number of amides is 2. The van der Waals surface area contributed by atoms with E-state index in [9.17, 15) is 9.59 Å². The molecule has 1 heterocycles. The summed E-state index contributed by atoms with van der Waals surface area (Å²) in [5, 5.41) is 5.32. The first-order valence-corrected chi connectivity index (χ1v) is 5.51. The number of hydrogen-bond donors (Lipinski definition) is 2. The molecular formula is C10H20N4O2. The minimum absolute atomic E-state index is 0.0667. The third kappa shape index (κ3) is 4.16. The zero-order chi connectivity index (χ0) is 12.0. The first-order chi connectivity index (χ1) is 7.63. The van der Waals surface area contributed by atoms with Gasteiger partial charge < -0.3 is 15.1 Å². The van der Waals surface area contributed by atoms with E-state index >= 15 is 0 Å². The van der Waals surface area contributed by atoms with Crippen LogP contribution in [0.2, 0.25) is 0 Å². The van der Waals surface area contributed by atoms with E-state index in [1.54, 1.807) is 7.05 Å². The fraction of sp³-hybridized carbons (Fsp3) is 0.800. The number of likely N-dealkylation sites (N-methyl/N-ethyl adjacent to an activating group) is 2. The number of hydrogen-bond acceptors (Lipinski definition) is 4. The Balaban J connectivity index is 2.17. The van der Waals surface area contributed by atoms with Crippen molar-refractivity contribution in [2.45, 2.75) is 0 Å². The fourth-order valence-electron chi connectivity index (χ4n) is 1.54. The van der Waals surface area contributed by atoms with Crippen molar-refractivity contribution in [3.63, 3.8) is 0 Å². The average molecular weight is 228 g/mol. The van der Waals surface area contributed by atoms with Crippen molar-refractivity contribution in [1.82, 2.24) is 20.4 Å². The van der Waals surface area contributed by atoms with Crippen molar-refractivity contribution in [2.24, 2.45) is 0 Å². The summed E-state index contributed by atoms with van der Waals surface area (Å²) in [6, 6.07) is 0. The number of rotatable bonds is 4. The van der Waals surface area contributed by atoms with Crippen molar-refractivity contribution in [3.05, 3.63) is 0 Å². The third-order valence-electron chi connectivity index (χ3n) is 2.70. The van der Waals surface area contributed by atoms with E-state index < -0.39 is 0 Å². The standard InChI is InChI=1S/C10H20N4O2/c1-11-9(15)7-12-8-10(16)14-5-3-13(2)4-6-14/h12H,3-8H2,1-2H3,(H,11,15). The summed E-state index contributed by atoms with van der Waals surface area (Å²) in [6.07, 6.45) is 0. The van der Waals surface area contributed by atoms with E-state index in [1.807, 2.05) is 11.9 Å². The SMILES string of the molecule is CNC(=O)CNCC(=O)N1CCN(C)CC1. The maximum atomic E-state index is 11.7. The van der Waals surface area contributed by atoms with Crippen LogP contribution in [0.15, 0.2) is 0 Å². The van der Waals surface area contributed by atoms with Gasteiger partial charge in [-0.25, -0.2) is 0 Å². The lowest BCUT2D eigenvalue weighted by Crippen LogP contribution is -2.50. The predicted octanol–water partition coefficient (Wildman–Crippen LogP) is -1.90. The van der Waals surface area contributed by atoms with Crippen LogP contribution in [-0.4, -0.2) is 75.0 Å². The van der Waals surface area contributed by atoms with Gasteiger partial charge in [0, 0.05) is 33.2 Å². The van der Waals surface area contributed by atoms with Gasteiger partial charge in [0.15, 0.2) is 0 Å². The molecule has 0 saturated carbocycles. The molecule has 1 aliphatic rings. The molecule has 1 saturated heterocycles. The molecule has 0 aliphatic carbocycles. The largest absolute Gasteiger partial charge is 0.358 e. The van der Waals surface area contributed by atoms with Crippen LogP contribution in [0.5, 0.6) is 0 Å². The van der Waals surface area contributed by atoms with Crippen LogP contribution < -0.4 is 10.6 Å². The van der Waals surface area contributed by atoms with E-state index in [0.717, 1.165) is 26.2 Å². The lowest BCUT2D eigenvalue weighted by atomic mass is 10.3. The first-order valence-electron chi connectivity index (χ1n) is 5.51. The summed E-state index contributed by atoms with van der Waals surface area (Å²) in [6.45, 7) is 3.81. The predicted molar refractivity (Wildman–Crippen MR) is 61.0 cm³/mol. The quantitative estimate of drug-likeness (QED) is 0.590. The van der Waals surface area contributed by atoms with Crippen LogP contribution in [-0.2, 0) is 9.59 Å². The Morgan fingerprint density at radius 1 is 1.12 bits per heavy atom. The van der Waals surface area contributed by atoms with Crippen molar-refractivity contribution in [2.75, 3.05) is 53.4 Å². The molecule has 1 aliphatic heterocycles. The highest BCUT2D eigenvalue weighted by Gasteiger charge is 2.18. The van der Waals surface area contributed by atoms with Crippen LogP contribution in [0.3, 0.4) is 0 Å². The molecule has 16 heavy (non-hydrogen) atoms. The molecule has 92 valence electrons. The Morgan fingerprint density at radius 3 is 2.31 bits per heavy atom. The van der Waals surface area contributed by atoms with Gasteiger partial charge in [0.25, 0.3) is 0 Å². The summed E-state index contributed by atoms with van der Waals surface area (Å²) in [7, 11) is 3.62. The van der Waals surface area contributed by atoms with E-state index in [2.05, 4.69) is 15.5 Å². The van der Waals surface area contributed by atoms with Crippen molar-refractivity contribution in [3.8, 4) is 0 Å².